The highest BCUT2D eigenvalue weighted by Gasteiger charge is 2.24. The molecule has 0 aliphatic carbocycles. The van der Waals surface area contributed by atoms with E-state index in [0.29, 0.717) is 0 Å². The van der Waals surface area contributed by atoms with Crippen molar-refractivity contribution in [2.45, 2.75) is 46.0 Å². The van der Waals surface area contributed by atoms with Gasteiger partial charge in [-0.3, -0.25) is 0 Å². The molecule has 2 aliphatic rings. The Morgan fingerprint density at radius 2 is 1.71 bits per heavy atom. The van der Waals surface area contributed by atoms with Crippen LogP contribution in [0, 0.1) is 19.8 Å². The van der Waals surface area contributed by atoms with E-state index in [0.717, 1.165) is 30.5 Å². The molecular weight excluding hydrogens is 260 g/mol. The van der Waals surface area contributed by atoms with E-state index in [9.17, 15) is 0 Å². The standard InChI is InChI=1S/C17H28N4/c1-14-15(2)18-13-19-17(14)21-10-6-16(7-11-21)12-20-8-4-3-5-9-20/h13,16H,3-12H2,1-2H3. The molecule has 21 heavy (non-hydrogen) atoms. The summed E-state index contributed by atoms with van der Waals surface area (Å²) in [5.74, 6) is 2.03. The van der Waals surface area contributed by atoms with Gasteiger partial charge in [0, 0.05) is 30.9 Å². The van der Waals surface area contributed by atoms with Crippen molar-refractivity contribution in [2.75, 3.05) is 37.6 Å². The van der Waals surface area contributed by atoms with Crippen LogP contribution in [0.5, 0.6) is 0 Å². The van der Waals surface area contributed by atoms with Crippen LogP contribution < -0.4 is 4.90 Å². The average molecular weight is 288 g/mol. The second kappa shape index (κ2) is 6.73. The lowest BCUT2D eigenvalue weighted by Gasteiger charge is -2.37. The molecule has 2 aliphatic heterocycles. The quantitative estimate of drug-likeness (QED) is 0.856. The summed E-state index contributed by atoms with van der Waals surface area (Å²) in [6.07, 6.45) is 8.55. The first-order valence-corrected chi connectivity index (χ1v) is 8.49. The van der Waals surface area contributed by atoms with Crippen molar-refractivity contribution in [3.05, 3.63) is 17.6 Å². The van der Waals surface area contributed by atoms with Crippen LogP contribution in [0.4, 0.5) is 5.82 Å². The number of piperidine rings is 2. The van der Waals surface area contributed by atoms with Gasteiger partial charge in [-0.2, -0.15) is 0 Å². The van der Waals surface area contributed by atoms with Crippen molar-refractivity contribution in [2.24, 2.45) is 5.92 Å². The van der Waals surface area contributed by atoms with Gasteiger partial charge in [-0.25, -0.2) is 9.97 Å². The summed E-state index contributed by atoms with van der Waals surface area (Å²) in [5, 5.41) is 0. The normalized spacial score (nSPS) is 21.7. The van der Waals surface area contributed by atoms with E-state index in [1.165, 1.54) is 57.3 Å². The maximum Gasteiger partial charge on any atom is 0.135 e. The summed E-state index contributed by atoms with van der Waals surface area (Å²) in [6, 6.07) is 0. The third-order valence-electron chi connectivity index (χ3n) is 5.19. The van der Waals surface area contributed by atoms with Crippen LogP contribution in [0.25, 0.3) is 0 Å². The Morgan fingerprint density at radius 3 is 2.43 bits per heavy atom. The largest absolute Gasteiger partial charge is 0.356 e. The lowest BCUT2D eigenvalue weighted by atomic mass is 9.95. The van der Waals surface area contributed by atoms with Gasteiger partial charge in [-0.1, -0.05) is 6.42 Å². The van der Waals surface area contributed by atoms with Crippen LogP contribution in [0.2, 0.25) is 0 Å². The van der Waals surface area contributed by atoms with Crippen LogP contribution in [0.15, 0.2) is 6.33 Å². The van der Waals surface area contributed by atoms with Gasteiger partial charge in [0.05, 0.1) is 0 Å². The molecular formula is C17H28N4. The van der Waals surface area contributed by atoms with E-state index in [1.807, 2.05) is 0 Å². The highest BCUT2D eigenvalue weighted by Crippen LogP contribution is 2.26. The molecule has 0 bridgehead atoms. The maximum atomic E-state index is 4.51. The van der Waals surface area contributed by atoms with Gasteiger partial charge in [0.1, 0.15) is 12.1 Å². The fraction of sp³-hybridized carbons (Fsp3) is 0.765. The maximum absolute atomic E-state index is 4.51. The van der Waals surface area contributed by atoms with Crippen LogP contribution in [-0.4, -0.2) is 47.6 Å². The molecule has 4 nitrogen and oxygen atoms in total. The molecule has 0 spiro atoms. The van der Waals surface area contributed by atoms with Crippen molar-refractivity contribution in [3.8, 4) is 0 Å². The summed E-state index contributed by atoms with van der Waals surface area (Å²) in [7, 11) is 0. The zero-order valence-electron chi connectivity index (χ0n) is 13.5. The van der Waals surface area contributed by atoms with Crippen molar-refractivity contribution in [1.29, 1.82) is 0 Å². The fourth-order valence-corrected chi connectivity index (χ4v) is 3.68. The molecule has 0 amide bonds. The number of hydrogen-bond acceptors (Lipinski definition) is 4. The van der Waals surface area contributed by atoms with E-state index in [1.54, 1.807) is 6.33 Å². The molecule has 0 radical (unpaired) electrons. The minimum Gasteiger partial charge on any atom is -0.356 e. The van der Waals surface area contributed by atoms with Crippen LogP contribution in [0.1, 0.15) is 43.4 Å². The molecule has 0 unspecified atom stereocenters. The van der Waals surface area contributed by atoms with E-state index < -0.39 is 0 Å². The molecule has 0 N–H and O–H groups in total. The van der Waals surface area contributed by atoms with Crippen molar-refractivity contribution in [1.82, 2.24) is 14.9 Å². The van der Waals surface area contributed by atoms with E-state index >= 15 is 0 Å². The molecule has 0 aromatic carbocycles. The third kappa shape index (κ3) is 3.54. The number of anilines is 1. The SMILES string of the molecule is Cc1ncnc(N2CCC(CN3CCCCC3)CC2)c1C. The molecule has 0 saturated carbocycles. The third-order valence-corrected chi connectivity index (χ3v) is 5.19. The zero-order chi connectivity index (χ0) is 14.7. The predicted molar refractivity (Wildman–Crippen MR) is 86.7 cm³/mol. The summed E-state index contributed by atoms with van der Waals surface area (Å²) in [5.41, 5.74) is 2.35. The van der Waals surface area contributed by atoms with Gasteiger partial charge < -0.3 is 9.80 Å². The minimum atomic E-state index is 0.877. The Balaban J connectivity index is 1.53. The second-order valence-corrected chi connectivity index (χ2v) is 6.70. The molecule has 3 heterocycles. The summed E-state index contributed by atoms with van der Waals surface area (Å²) in [6.45, 7) is 10.5. The fourth-order valence-electron chi connectivity index (χ4n) is 3.68. The lowest BCUT2D eigenvalue weighted by molar-refractivity contribution is 0.181. The van der Waals surface area contributed by atoms with Gasteiger partial charge in [0.15, 0.2) is 0 Å². The topological polar surface area (TPSA) is 32.3 Å². The first-order chi connectivity index (χ1) is 10.2. The van der Waals surface area contributed by atoms with E-state index in [4.69, 9.17) is 0 Å². The first-order valence-electron chi connectivity index (χ1n) is 8.49. The number of aromatic nitrogens is 2. The lowest BCUT2D eigenvalue weighted by Crippen LogP contribution is -2.40. The number of rotatable bonds is 3. The highest BCUT2D eigenvalue weighted by atomic mass is 15.2. The summed E-state index contributed by atoms with van der Waals surface area (Å²) < 4.78 is 0. The van der Waals surface area contributed by atoms with Gasteiger partial charge in [-0.15, -0.1) is 0 Å². The Hall–Kier alpha value is -1.16. The first kappa shape index (κ1) is 14.8. The Bertz CT molecular complexity index is 460. The summed E-state index contributed by atoms with van der Waals surface area (Å²) >= 11 is 0. The van der Waals surface area contributed by atoms with Crippen LogP contribution >= 0.6 is 0 Å². The molecule has 3 rings (SSSR count). The molecule has 1 aromatic rings. The Morgan fingerprint density at radius 1 is 1.00 bits per heavy atom. The highest BCUT2D eigenvalue weighted by molar-refractivity contribution is 5.47. The second-order valence-electron chi connectivity index (χ2n) is 6.70. The van der Waals surface area contributed by atoms with Crippen molar-refractivity contribution >= 4 is 5.82 Å². The molecule has 2 fully saturated rings. The average Bonchev–Trinajstić information content (AvgIpc) is 2.52. The van der Waals surface area contributed by atoms with Crippen molar-refractivity contribution in [3.63, 3.8) is 0 Å². The van der Waals surface area contributed by atoms with E-state index in [-0.39, 0.29) is 0 Å². The van der Waals surface area contributed by atoms with Gasteiger partial charge in [0.2, 0.25) is 0 Å². The van der Waals surface area contributed by atoms with Crippen LogP contribution in [0.3, 0.4) is 0 Å². The predicted octanol–water partition coefficient (Wildman–Crippen LogP) is 2.80. The van der Waals surface area contributed by atoms with Gasteiger partial charge in [0.25, 0.3) is 0 Å². The van der Waals surface area contributed by atoms with E-state index in [2.05, 4.69) is 33.6 Å². The Labute approximate surface area is 128 Å². The van der Waals surface area contributed by atoms with Gasteiger partial charge >= 0.3 is 0 Å². The molecule has 116 valence electrons. The number of hydrogen-bond donors (Lipinski definition) is 0. The van der Waals surface area contributed by atoms with Crippen molar-refractivity contribution < 1.29 is 0 Å². The molecule has 4 heteroatoms. The monoisotopic (exact) mass is 288 g/mol. The number of likely N-dealkylation sites (tertiary alicyclic amines) is 1. The molecule has 0 atom stereocenters. The van der Waals surface area contributed by atoms with Gasteiger partial charge in [-0.05, 0) is 58.5 Å². The number of aryl methyl sites for hydroxylation is 1. The smallest absolute Gasteiger partial charge is 0.135 e. The molecule has 2 saturated heterocycles. The van der Waals surface area contributed by atoms with Crippen LogP contribution in [-0.2, 0) is 0 Å². The Kier molecular flexibility index (Phi) is 4.73. The zero-order valence-corrected chi connectivity index (χ0v) is 13.5. The minimum absolute atomic E-state index is 0.877. The number of nitrogens with zero attached hydrogens (tertiary/aromatic N) is 4. The summed E-state index contributed by atoms with van der Waals surface area (Å²) in [4.78, 5) is 13.9. The molecule has 1 aromatic heterocycles.